The van der Waals surface area contributed by atoms with Gasteiger partial charge in [0.15, 0.2) is 10.2 Å². The average Bonchev–Trinajstić information content (AvgIpc) is 3.69. The first kappa shape index (κ1) is 48.2. The number of carboxylic acid groups (broad SMARTS) is 1. The number of rotatable bonds is 30. The molecule has 1 atom stereocenters. The van der Waals surface area contributed by atoms with E-state index in [1.54, 1.807) is 30.3 Å². The van der Waals surface area contributed by atoms with Crippen LogP contribution in [-0.2, 0) is 44.7 Å². The van der Waals surface area contributed by atoms with Crippen molar-refractivity contribution in [1.82, 2.24) is 31.2 Å². The minimum Gasteiger partial charge on any atom is -0.493 e. The zero-order valence-corrected chi connectivity index (χ0v) is 34.4. The number of carbonyl (C=O) groups is 6. The molecule has 0 bridgehead atoms. The second-order valence-electron chi connectivity index (χ2n) is 12.2. The van der Waals surface area contributed by atoms with E-state index in [0.29, 0.717) is 82.9 Å². The summed E-state index contributed by atoms with van der Waals surface area (Å²) in [6.07, 6.45) is 3.38. The van der Waals surface area contributed by atoms with Crippen molar-refractivity contribution in [3.63, 3.8) is 0 Å². The Hall–Kier alpha value is -5.19. The van der Waals surface area contributed by atoms with Gasteiger partial charge in [0.25, 0.3) is 5.91 Å². The summed E-state index contributed by atoms with van der Waals surface area (Å²) in [5.41, 5.74) is 1.20. The van der Waals surface area contributed by atoms with E-state index in [1.807, 2.05) is 6.07 Å². The molecule has 322 valence electrons. The lowest BCUT2D eigenvalue weighted by atomic mass is 10.1. The Bertz CT molecular complexity index is 1750. The predicted molar refractivity (Wildman–Crippen MR) is 218 cm³/mol. The van der Waals surface area contributed by atoms with E-state index in [0.717, 1.165) is 16.9 Å². The first-order chi connectivity index (χ1) is 28.6. The van der Waals surface area contributed by atoms with Crippen LogP contribution in [-0.4, -0.2) is 128 Å². The molecule has 3 rings (SSSR count). The zero-order valence-electron chi connectivity index (χ0n) is 32.7. The molecule has 0 aliphatic carbocycles. The van der Waals surface area contributed by atoms with Crippen LogP contribution in [0.1, 0.15) is 53.8 Å². The molecule has 0 saturated heterocycles. The number of aromatic nitrogens is 2. The van der Waals surface area contributed by atoms with Crippen LogP contribution in [0.15, 0.2) is 54.2 Å². The molecule has 0 spiro atoms. The lowest BCUT2D eigenvalue weighted by Crippen LogP contribution is -2.39. The molecule has 0 fully saturated rings. The van der Waals surface area contributed by atoms with Gasteiger partial charge in [-0.1, -0.05) is 36.0 Å². The van der Waals surface area contributed by atoms with Gasteiger partial charge >= 0.3 is 12.0 Å². The Kier molecular flexibility index (Phi) is 23.8. The fourth-order valence-corrected chi connectivity index (χ4v) is 5.96. The van der Waals surface area contributed by atoms with E-state index in [2.05, 4.69) is 36.6 Å². The molecule has 6 N–H and O–H groups in total. The lowest BCUT2D eigenvalue weighted by molar-refractivity contribution is -0.137. The number of hydrogen-bond donors (Lipinski definition) is 6. The number of nitrogens with zero attached hydrogens (tertiary/aromatic N) is 2. The molecule has 0 saturated carbocycles. The molecule has 0 aliphatic rings. The van der Waals surface area contributed by atoms with Gasteiger partial charge in [-0.3, -0.25) is 34.3 Å². The number of urea groups is 1. The van der Waals surface area contributed by atoms with E-state index in [9.17, 15) is 33.9 Å². The summed E-state index contributed by atoms with van der Waals surface area (Å²) in [6, 6.07) is 9.05. The van der Waals surface area contributed by atoms with Gasteiger partial charge in [-0.05, 0) is 24.1 Å². The van der Waals surface area contributed by atoms with E-state index in [4.69, 9.17) is 23.7 Å². The largest absolute Gasteiger partial charge is 0.493 e. The molecule has 0 radical (unpaired) electrons. The fourth-order valence-electron chi connectivity index (χ4n) is 4.79. The van der Waals surface area contributed by atoms with Gasteiger partial charge in [0.1, 0.15) is 11.4 Å². The van der Waals surface area contributed by atoms with Crippen molar-refractivity contribution in [1.29, 1.82) is 0 Å². The second kappa shape index (κ2) is 29.1. The first-order valence-corrected chi connectivity index (χ1v) is 20.6. The topological polar surface area (TPSA) is 255 Å². The van der Waals surface area contributed by atoms with Crippen molar-refractivity contribution in [2.75, 3.05) is 83.6 Å². The van der Waals surface area contributed by atoms with Crippen LogP contribution in [0.2, 0.25) is 0 Å². The molecule has 2 aromatic heterocycles. The molecule has 21 heteroatoms. The minimum atomic E-state index is -1.11. The minimum absolute atomic E-state index is 0.0205. The highest BCUT2D eigenvalue weighted by Crippen LogP contribution is 2.19. The third kappa shape index (κ3) is 22.0. The van der Waals surface area contributed by atoms with Crippen LogP contribution in [0.3, 0.4) is 0 Å². The molecule has 5 amide bonds. The van der Waals surface area contributed by atoms with Crippen LogP contribution in [0.25, 0.3) is 0 Å². The second-order valence-corrected chi connectivity index (χ2v) is 14.4. The molecular formula is C38H51N7O12S2. The molecule has 1 aromatic carbocycles. The normalized spacial score (nSPS) is 11.3. The van der Waals surface area contributed by atoms with Crippen molar-refractivity contribution < 1.29 is 57.6 Å². The average molecular weight is 862 g/mol. The third-order valence-corrected chi connectivity index (χ3v) is 9.14. The number of benzene rings is 1. The molecular weight excluding hydrogens is 811 g/mol. The summed E-state index contributed by atoms with van der Waals surface area (Å²) in [7, 11) is 0. The highest BCUT2D eigenvalue weighted by atomic mass is 32.2. The number of ether oxygens (including phenoxy) is 5. The van der Waals surface area contributed by atoms with Gasteiger partial charge < -0.3 is 50.1 Å². The maximum Gasteiger partial charge on any atom is 0.321 e. The molecule has 0 aliphatic heterocycles. The summed E-state index contributed by atoms with van der Waals surface area (Å²) in [6.45, 7) is 5.24. The smallest absolute Gasteiger partial charge is 0.321 e. The van der Waals surface area contributed by atoms with Crippen molar-refractivity contribution >= 4 is 63.1 Å². The van der Waals surface area contributed by atoms with Crippen LogP contribution in [0.4, 0.5) is 9.93 Å². The Morgan fingerprint density at radius 1 is 0.831 bits per heavy atom. The van der Waals surface area contributed by atoms with Gasteiger partial charge in [0, 0.05) is 55.5 Å². The highest BCUT2D eigenvalue weighted by molar-refractivity contribution is 8.13. The summed E-state index contributed by atoms with van der Waals surface area (Å²) < 4.78 is 27.5. The first-order valence-electron chi connectivity index (χ1n) is 18.7. The Balaban J connectivity index is 1.22. The number of amides is 5. The monoisotopic (exact) mass is 861 g/mol. The SMILES string of the molecule is CC(=O)SCCOCCOCCOCCOCCC(=O)NCCCOc1ccccc1CNC(=O)Nc1nc(C(=O)NCC(=O)N[C@H](CC(=O)O)c2cccnc2)cs1. The maximum atomic E-state index is 12.6. The molecule has 19 nitrogen and oxygen atoms in total. The Labute approximate surface area is 350 Å². The number of hydrogen-bond acceptors (Lipinski definition) is 15. The highest BCUT2D eigenvalue weighted by Gasteiger charge is 2.20. The number of pyridine rings is 1. The van der Waals surface area contributed by atoms with Crippen molar-refractivity contribution in [2.45, 2.75) is 38.8 Å². The van der Waals surface area contributed by atoms with E-state index < -0.39 is 36.4 Å². The Morgan fingerprint density at radius 3 is 2.24 bits per heavy atom. The van der Waals surface area contributed by atoms with Crippen LogP contribution in [0.5, 0.6) is 5.75 Å². The number of thioether (sulfide) groups is 1. The fraction of sp³-hybridized carbons (Fsp3) is 0.474. The van der Waals surface area contributed by atoms with Gasteiger partial charge in [-0.25, -0.2) is 9.78 Å². The molecule has 59 heavy (non-hydrogen) atoms. The van der Waals surface area contributed by atoms with Gasteiger partial charge in [0.05, 0.1) is 78.5 Å². The van der Waals surface area contributed by atoms with E-state index >= 15 is 0 Å². The van der Waals surface area contributed by atoms with Crippen LogP contribution in [0, 0.1) is 0 Å². The predicted octanol–water partition coefficient (Wildman–Crippen LogP) is 2.54. The van der Waals surface area contributed by atoms with Crippen LogP contribution < -0.4 is 31.3 Å². The quantitative estimate of drug-likeness (QED) is 0.0527. The van der Waals surface area contributed by atoms with Gasteiger partial charge in [-0.15, -0.1) is 11.3 Å². The third-order valence-electron chi connectivity index (χ3n) is 7.60. The summed E-state index contributed by atoms with van der Waals surface area (Å²) >= 11 is 2.25. The molecule has 3 aromatic rings. The molecule has 0 unspecified atom stereocenters. The number of thiazole rings is 1. The number of carbonyl (C=O) groups excluding carboxylic acids is 5. The number of carboxylic acids is 1. The Morgan fingerprint density at radius 2 is 1.54 bits per heavy atom. The standard InChI is InChI=1S/C38H51N7O12S2/c1-27(46)58-21-20-56-19-18-55-17-16-54-15-14-53-13-9-33(47)40-11-5-12-57-32-8-3-2-6-29(32)24-42-37(52)45-38-44-31(26-59-38)36(51)41-25-34(48)43-30(22-35(49)50)28-7-4-10-39-23-28/h2-4,6-8,10,23,26,30H,5,9,11-22,24-25H2,1H3,(H,40,47)(H,41,51)(H,43,48)(H,49,50)(H2,42,44,45,52)/t30-/m1/s1. The zero-order chi connectivity index (χ0) is 42.5. The van der Waals surface area contributed by atoms with E-state index in [1.165, 1.54) is 36.5 Å². The number of nitrogens with one attached hydrogen (secondary N) is 5. The number of para-hydroxylation sites is 1. The van der Waals surface area contributed by atoms with Crippen molar-refractivity contribution in [3.05, 3.63) is 71.0 Å². The van der Waals surface area contributed by atoms with Crippen LogP contribution >= 0.6 is 23.1 Å². The lowest BCUT2D eigenvalue weighted by Gasteiger charge is -2.17. The van der Waals surface area contributed by atoms with Gasteiger partial charge in [-0.2, -0.15) is 0 Å². The number of aliphatic carboxylic acids is 1. The van der Waals surface area contributed by atoms with Crippen molar-refractivity contribution in [3.8, 4) is 5.75 Å². The summed E-state index contributed by atoms with van der Waals surface area (Å²) in [5, 5.41) is 24.0. The van der Waals surface area contributed by atoms with E-state index in [-0.39, 0.29) is 47.8 Å². The maximum absolute atomic E-state index is 12.6. The van der Waals surface area contributed by atoms with Gasteiger partial charge in [0.2, 0.25) is 11.8 Å². The summed E-state index contributed by atoms with van der Waals surface area (Å²) in [4.78, 5) is 80.0. The number of anilines is 1. The van der Waals surface area contributed by atoms with Crippen molar-refractivity contribution in [2.24, 2.45) is 0 Å². The summed E-state index contributed by atoms with van der Waals surface area (Å²) in [5.74, 6) is -1.32. The molecule has 2 heterocycles.